The minimum atomic E-state index is -1.18. The lowest BCUT2D eigenvalue weighted by Crippen LogP contribution is -2.43. The third kappa shape index (κ3) is 7.50. The molecule has 7 N–H and O–H groups in total. The zero-order chi connectivity index (χ0) is 38.9. The summed E-state index contributed by atoms with van der Waals surface area (Å²) in [6, 6.07) is 12.2. The molecule has 292 valence electrons. The first-order chi connectivity index (χ1) is 27.1. The number of phenols is 2. The number of nitrogens with zero attached hydrogens (tertiary/aromatic N) is 11. The molecule has 2 aliphatic rings. The summed E-state index contributed by atoms with van der Waals surface area (Å²) in [7, 11) is 1.87. The van der Waals surface area contributed by atoms with Gasteiger partial charge in [0.25, 0.3) is 0 Å². The van der Waals surface area contributed by atoms with Crippen LogP contribution >= 0.6 is 0 Å². The van der Waals surface area contributed by atoms with Crippen molar-refractivity contribution in [2.75, 3.05) is 29.9 Å². The maximum absolute atomic E-state index is 12.8. The van der Waals surface area contributed by atoms with Crippen LogP contribution in [0.1, 0.15) is 60.4 Å². The van der Waals surface area contributed by atoms with Crippen molar-refractivity contribution < 1.29 is 25.2 Å². The van der Waals surface area contributed by atoms with Gasteiger partial charge >= 0.3 is 6.03 Å². The molecular weight excluding hydrogens is 720 g/mol. The Hall–Kier alpha value is -6.34. The Morgan fingerprint density at radius 3 is 2.32 bits per heavy atom. The molecule has 8 rings (SSSR count). The van der Waals surface area contributed by atoms with E-state index in [2.05, 4.69) is 36.3 Å². The lowest BCUT2D eigenvalue weighted by atomic mass is 9.91. The zero-order valence-electron chi connectivity index (χ0n) is 30.9. The van der Waals surface area contributed by atoms with E-state index in [1.54, 1.807) is 41.5 Å². The summed E-state index contributed by atoms with van der Waals surface area (Å²) in [5, 5.41) is 64.6. The lowest BCUT2D eigenvalue weighted by molar-refractivity contribution is 0.00473. The number of carbonyl (C=O) groups excluding carboxylic acids is 1. The molecule has 5 heterocycles. The molecule has 0 radical (unpaired) electrons. The molecule has 5 atom stereocenters. The van der Waals surface area contributed by atoms with Crippen LogP contribution in [0.25, 0.3) is 11.2 Å². The van der Waals surface area contributed by atoms with Crippen molar-refractivity contribution in [1.29, 1.82) is 0 Å². The van der Waals surface area contributed by atoms with Crippen LogP contribution < -0.4 is 20.9 Å². The quantitative estimate of drug-likeness (QED) is 0.0940. The summed E-state index contributed by atoms with van der Waals surface area (Å²) in [6.07, 6.45) is 4.31. The first-order valence-corrected chi connectivity index (χ1v) is 18.6. The Bertz CT molecular complexity index is 2250. The summed E-state index contributed by atoms with van der Waals surface area (Å²) >= 11 is 0. The minimum absolute atomic E-state index is 0.148. The van der Waals surface area contributed by atoms with Crippen LogP contribution in [0.15, 0.2) is 67.4 Å². The van der Waals surface area contributed by atoms with Gasteiger partial charge in [0, 0.05) is 51.3 Å². The van der Waals surface area contributed by atoms with Crippen molar-refractivity contribution >= 4 is 29.0 Å². The number of aliphatic hydroxyl groups excluding tert-OH is 2. The molecule has 56 heavy (non-hydrogen) atoms. The molecule has 1 saturated heterocycles. The van der Waals surface area contributed by atoms with Crippen molar-refractivity contribution in [3.63, 3.8) is 0 Å². The molecule has 19 nitrogen and oxygen atoms in total. The number of amides is 2. The van der Waals surface area contributed by atoms with Gasteiger partial charge in [-0.15, -0.1) is 10.2 Å². The maximum atomic E-state index is 12.8. The maximum Gasteiger partial charge on any atom is 0.315 e. The third-order valence-electron chi connectivity index (χ3n) is 10.5. The Morgan fingerprint density at radius 2 is 1.66 bits per heavy atom. The lowest BCUT2D eigenvalue weighted by Gasteiger charge is -2.22. The van der Waals surface area contributed by atoms with Gasteiger partial charge in [-0.25, -0.2) is 14.8 Å². The van der Waals surface area contributed by atoms with E-state index < -0.39 is 24.3 Å². The highest BCUT2D eigenvalue weighted by Gasteiger charge is 2.45. The highest BCUT2D eigenvalue weighted by Crippen LogP contribution is 2.40. The number of aryl methyl sites for hydroxylation is 2. The number of rotatable bonds is 12. The van der Waals surface area contributed by atoms with Crippen LogP contribution in [0.5, 0.6) is 11.5 Å². The highest BCUT2D eigenvalue weighted by atomic mass is 16.3. The smallest absolute Gasteiger partial charge is 0.315 e. The number of tetrazole rings is 1. The first kappa shape index (κ1) is 36.6. The average molecular weight is 765 g/mol. The van der Waals surface area contributed by atoms with Crippen molar-refractivity contribution in [1.82, 2.24) is 59.9 Å². The van der Waals surface area contributed by atoms with Crippen LogP contribution in [-0.2, 0) is 20.0 Å². The SMILES string of the molecule is CCc1nnn([C@H]2C[C@@H](n3cnc4c(NCC(c5ccc(O)cc5)c5ccc(O)cc5)nc(N5CC[C@@H](NC(=O)NCc6cn(C)cn6)C5)nc43)[C@H](O)[C@@H]2O)n1. The second-order valence-corrected chi connectivity index (χ2v) is 14.3. The summed E-state index contributed by atoms with van der Waals surface area (Å²) in [5.41, 5.74) is 3.51. The van der Waals surface area contributed by atoms with Gasteiger partial charge in [0.2, 0.25) is 5.95 Å². The second-order valence-electron chi connectivity index (χ2n) is 14.3. The van der Waals surface area contributed by atoms with Crippen LogP contribution in [0.4, 0.5) is 16.6 Å². The van der Waals surface area contributed by atoms with Crippen molar-refractivity contribution in [2.24, 2.45) is 7.05 Å². The van der Waals surface area contributed by atoms with E-state index in [0.29, 0.717) is 74.2 Å². The fourth-order valence-corrected chi connectivity index (χ4v) is 7.51. The van der Waals surface area contributed by atoms with E-state index in [4.69, 9.17) is 15.0 Å². The van der Waals surface area contributed by atoms with Crippen LogP contribution in [0, 0.1) is 0 Å². The minimum Gasteiger partial charge on any atom is -0.508 e. The number of aromatic nitrogens is 10. The molecule has 0 bridgehead atoms. The molecule has 1 aliphatic heterocycles. The number of urea groups is 1. The second kappa shape index (κ2) is 15.4. The third-order valence-corrected chi connectivity index (χ3v) is 10.5. The molecule has 1 saturated carbocycles. The number of anilines is 2. The number of imidazole rings is 2. The van der Waals surface area contributed by atoms with Gasteiger partial charge in [0.05, 0.1) is 30.9 Å². The molecule has 19 heteroatoms. The van der Waals surface area contributed by atoms with E-state index in [1.807, 2.05) is 53.9 Å². The van der Waals surface area contributed by atoms with E-state index in [-0.39, 0.29) is 29.5 Å². The Morgan fingerprint density at radius 1 is 0.946 bits per heavy atom. The molecule has 0 spiro atoms. The molecule has 4 aromatic heterocycles. The van der Waals surface area contributed by atoms with Gasteiger partial charge in [0.15, 0.2) is 22.8 Å². The zero-order valence-corrected chi connectivity index (χ0v) is 30.9. The molecule has 1 aliphatic carbocycles. The van der Waals surface area contributed by atoms with Crippen molar-refractivity contribution in [3.8, 4) is 11.5 Å². The van der Waals surface area contributed by atoms with E-state index >= 15 is 0 Å². The number of aromatic hydroxyl groups is 2. The van der Waals surface area contributed by atoms with Crippen molar-refractivity contribution in [2.45, 2.75) is 69.0 Å². The molecule has 2 aromatic carbocycles. The number of fused-ring (bicyclic) bond motifs is 1. The van der Waals surface area contributed by atoms with Gasteiger partial charge in [-0.1, -0.05) is 31.2 Å². The Balaban J connectivity index is 1.09. The Labute approximate surface area is 321 Å². The predicted octanol–water partition coefficient (Wildman–Crippen LogP) is 1.75. The predicted molar refractivity (Wildman–Crippen MR) is 203 cm³/mol. The molecule has 2 amide bonds. The van der Waals surface area contributed by atoms with Gasteiger partial charge in [-0.3, -0.25) is 0 Å². The number of hydrogen-bond donors (Lipinski definition) is 7. The number of benzene rings is 2. The van der Waals surface area contributed by atoms with Gasteiger partial charge in [-0.05, 0) is 53.4 Å². The largest absolute Gasteiger partial charge is 0.508 e. The first-order valence-electron chi connectivity index (χ1n) is 18.6. The normalized spacial score (nSPS) is 20.9. The monoisotopic (exact) mass is 764 g/mol. The number of hydrogen-bond acceptors (Lipinski definition) is 14. The van der Waals surface area contributed by atoms with Crippen molar-refractivity contribution in [3.05, 3.63) is 90.0 Å². The summed E-state index contributed by atoms with van der Waals surface area (Å²) < 4.78 is 3.59. The number of nitrogens with one attached hydrogen (secondary N) is 3. The molecule has 0 unspecified atom stereocenters. The fourth-order valence-electron chi connectivity index (χ4n) is 7.51. The molecular formula is C37H44N14O5. The Kier molecular flexibility index (Phi) is 10.1. The fraction of sp³-hybridized carbons (Fsp3) is 0.405. The van der Waals surface area contributed by atoms with Gasteiger partial charge in [-0.2, -0.15) is 14.8 Å². The van der Waals surface area contributed by atoms with E-state index in [9.17, 15) is 25.2 Å². The average Bonchev–Trinajstić information content (AvgIpc) is 4.05. The van der Waals surface area contributed by atoms with Gasteiger partial charge < -0.3 is 50.4 Å². The summed E-state index contributed by atoms with van der Waals surface area (Å²) in [4.78, 5) is 35.1. The van der Waals surface area contributed by atoms with Crippen LogP contribution in [0.2, 0.25) is 0 Å². The van der Waals surface area contributed by atoms with Crippen LogP contribution in [0.3, 0.4) is 0 Å². The van der Waals surface area contributed by atoms with E-state index in [1.165, 1.54) is 4.80 Å². The van der Waals surface area contributed by atoms with E-state index in [0.717, 1.165) is 16.8 Å². The highest BCUT2D eigenvalue weighted by molar-refractivity contribution is 5.84. The van der Waals surface area contributed by atoms with Gasteiger partial charge in [0.1, 0.15) is 29.7 Å². The standard InChI is InChI=1S/C37H44N14O5/c1-3-30-45-47-51(46-30)29-14-28(32(54)33(29)55)50-20-41-31-34(38-16-27(21-4-8-25(52)9-5-21)22-6-10-26(53)11-7-22)43-36(44-35(31)50)49-13-12-23(18-49)42-37(56)39-15-24-17-48(2)19-40-24/h4-11,17,19-20,23,27-29,32-33,52-55H,3,12-16,18H2,1-2H3,(H,38,43,44)(H2,39,42,56)/t23-,28-,29+,32+,33-/m1/s1. The number of carbonyl (C=O) groups is 1. The number of phenolic OH excluding ortho intramolecular Hbond substituents is 2. The number of aliphatic hydroxyl groups is 2. The topological polar surface area (TPSA) is 242 Å². The van der Waals surface area contributed by atoms with Crippen LogP contribution in [-0.4, -0.2) is 114 Å². The summed E-state index contributed by atoms with van der Waals surface area (Å²) in [5.74, 6) is 1.47. The summed E-state index contributed by atoms with van der Waals surface area (Å²) in [6.45, 7) is 3.59. The molecule has 2 fully saturated rings. The molecule has 6 aromatic rings.